The minimum Gasteiger partial charge on any atom is -0.478 e. The molecule has 0 aliphatic carbocycles. The molecule has 0 aliphatic heterocycles. The second-order valence-electron chi connectivity index (χ2n) is 5.70. The molecule has 1 atom stereocenters. The van der Waals surface area contributed by atoms with Crippen LogP contribution in [0.25, 0.3) is 0 Å². The predicted octanol–water partition coefficient (Wildman–Crippen LogP) is 4.38. The van der Waals surface area contributed by atoms with Gasteiger partial charge in [-0.1, -0.05) is 13.0 Å². The van der Waals surface area contributed by atoms with Crippen LogP contribution in [0.4, 0.5) is 11.4 Å². The van der Waals surface area contributed by atoms with E-state index in [4.69, 9.17) is 5.11 Å². The van der Waals surface area contributed by atoms with Crippen molar-refractivity contribution >= 4 is 63.5 Å². The van der Waals surface area contributed by atoms with E-state index in [1.807, 2.05) is 37.3 Å². The Kier molecular flexibility index (Phi) is 8.52. The zero-order chi connectivity index (χ0) is 20.5. The largest absolute Gasteiger partial charge is 0.478 e. The van der Waals surface area contributed by atoms with Crippen LogP contribution >= 0.6 is 34.4 Å². The number of carboxylic acids is 1. The number of rotatable bonds is 8. The topological polar surface area (TPSA) is 95.5 Å². The van der Waals surface area contributed by atoms with Crippen LogP contribution in [0.5, 0.6) is 0 Å². The summed E-state index contributed by atoms with van der Waals surface area (Å²) in [6.45, 7) is 1.94. The number of hydrogen-bond acceptors (Lipinski definition) is 4. The van der Waals surface area contributed by atoms with Crippen LogP contribution < -0.4 is 10.6 Å². The number of carbonyl (C=O) groups is 3. The summed E-state index contributed by atoms with van der Waals surface area (Å²) in [7, 11) is 0. The molecule has 0 fully saturated rings. The maximum Gasteiger partial charge on any atom is 0.328 e. The van der Waals surface area contributed by atoms with Crippen LogP contribution in [0.3, 0.4) is 0 Å². The fourth-order valence-corrected chi connectivity index (χ4v) is 3.59. The number of carbonyl (C=O) groups excluding carboxylic acids is 2. The molecule has 2 aromatic rings. The molecule has 28 heavy (non-hydrogen) atoms. The molecule has 0 spiro atoms. The summed E-state index contributed by atoms with van der Waals surface area (Å²) in [5.41, 5.74) is 1.27. The highest BCUT2D eigenvalue weighted by Crippen LogP contribution is 2.28. The van der Waals surface area contributed by atoms with Crippen LogP contribution in [0, 0.1) is 3.57 Å². The van der Waals surface area contributed by atoms with Crippen molar-refractivity contribution in [3.8, 4) is 0 Å². The number of carboxylic acid groups (broad SMARTS) is 1. The molecule has 0 saturated heterocycles. The average Bonchev–Trinajstić information content (AvgIpc) is 2.66. The molecular weight excluding hydrogens is 491 g/mol. The van der Waals surface area contributed by atoms with E-state index < -0.39 is 11.9 Å². The van der Waals surface area contributed by atoms with Gasteiger partial charge in [0.25, 0.3) is 0 Å². The normalized spacial score (nSPS) is 11.8. The number of thioether (sulfide) groups is 1. The zero-order valence-electron chi connectivity index (χ0n) is 15.0. The van der Waals surface area contributed by atoms with Gasteiger partial charge in [-0.2, -0.15) is 0 Å². The highest BCUT2D eigenvalue weighted by atomic mass is 127. The summed E-state index contributed by atoms with van der Waals surface area (Å²) in [5.74, 6) is -1.81. The third kappa shape index (κ3) is 7.35. The maximum atomic E-state index is 12.6. The number of anilines is 2. The number of amides is 2. The van der Waals surface area contributed by atoms with Gasteiger partial charge in [0.05, 0.1) is 5.25 Å². The second kappa shape index (κ2) is 10.9. The molecule has 0 radical (unpaired) electrons. The fraction of sp³-hybridized carbons (Fsp3) is 0.150. The van der Waals surface area contributed by atoms with E-state index in [0.29, 0.717) is 12.1 Å². The van der Waals surface area contributed by atoms with Gasteiger partial charge in [-0.15, -0.1) is 11.8 Å². The molecule has 0 aliphatic rings. The van der Waals surface area contributed by atoms with Crippen molar-refractivity contribution in [2.24, 2.45) is 0 Å². The van der Waals surface area contributed by atoms with Gasteiger partial charge in [0.1, 0.15) is 0 Å². The molecule has 0 bridgehead atoms. The molecule has 1 unspecified atom stereocenters. The molecule has 8 heteroatoms. The molecule has 0 aromatic heterocycles. The van der Waals surface area contributed by atoms with Gasteiger partial charge in [-0.25, -0.2) is 4.79 Å². The number of benzene rings is 2. The molecule has 2 rings (SSSR count). The Morgan fingerprint density at radius 1 is 1.07 bits per heavy atom. The van der Waals surface area contributed by atoms with Crippen LogP contribution in [0.2, 0.25) is 0 Å². The maximum absolute atomic E-state index is 12.6. The predicted molar refractivity (Wildman–Crippen MR) is 120 cm³/mol. The van der Waals surface area contributed by atoms with Crippen molar-refractivity contribution in [1.29, 1.82) is 0 Å². The Balaban J connectivity index is 2.01. The number of nitrogens with one attached hydrogen (secondary N) is 2. The monoisotopic (exact) mass is 510 g/mol. The van der Waals surface area contributed by atoms with Crippen molar-refractivity contribution in [3.05, 3.63) is 64.3 Å². The molecule has 146 valence electrons. The quantitative estimate of drug-likeness (QED) is 0.279. The van der Waals surface area contributed by atoms with Crippen molar-refractivity contribution in [2.45, 2.75) is 23.5 Å². The second-order valence-corrected chi connectivity index (χ2v) is 8.22. The first-order valence-electron chi connectivity index (χ1n) is 8.42. The van der Waals surface area contributed by atoms with Crippen LogP contribution in [0.15, 0.2) is 65.6 Å². The Morgan fingerprint density at radius 3 is 2.43 bits per heavy atom. The Hall–Kier alpha value is -2.33. The third-order valence-corrected chi connectivity index (χ3v) is 5.61. The smallest absolute Gasteiger partial charge is 0.328 e. The van der Waals surface area contributed by atoms with E-state index in [-0.39, 0.29) is 11.2 Å². The molecule has 3 N–H and O–H groups in total. The lowest BCUT2D eigenvalue weighted by atomic mass is 10.3. The Bertz CT molecular complexity index is 884. The molecule has 0 heterocycles. The van der Waals surface area contributed by atoms with Gasteiger partial charge in [0, 0.05) is 32.0 Å². The summed E-state index contributed by atoms with van der Waals surface area (Å²) in [4.78, 5) is 35.6. The molecule has 2 aromatic carbocycles. The Labute approximate surface area is 180 Å². The van der Waals surface area contributed by atoms with Crippen molar-refractivity contribution in [2.75, 3.05) is 10.6 Å². The lowest BCUT2D eigenvalue weighted by Crippen LogP contribution is -2.24. The molecule has 2 amide bonds. The van der Waals surface area contributed by atoms with Gasteiger partial charge in [-0.05, 0) is 71.5 Å². The van der Waals surface area contributed by atoms with Gasteiger partial charge >= 0.3 is 5.97 Å². The lowest BCUT2D eigenvalue weighted by Gasteiger charge is -2.15. The summed E-state index contributed by atoms with van der Waals surface area (Å²) in [6.07, 6.45) is 2.36. The van der Waals surface area contributed by atoms with E-state index in [1.54, 1.807) is 18.2 Å². The number of halogens is 1. The molecule has 0 saturated carbocycles. The van der Waals surface area contributed by atoms with Crippen LogP contribution in [0.1, 0.15) is 13.3 Å². The first-order chi connectivity index (χ1) is 13.4. The average molecular weight is 510 g/mol. The van der Waals surface area contributed by atoms with Gasteiger partial charge in [0.2, 0.25) is 11.8 Å². The van der Waals surface area contributed by atoms with E-state index in [1.165, 1.54) is 11.8 Å². The van der Waals surface area contributed by atoms with Crippen molar-refractivity contribution in [3.63, 3.8) is 0 Å². The van der Waals surface area contributed by atoms with E-state index >= 15 is 0 Å². The van der Waals surface area contributed by atoms with Gasteiger partial charge in [0.15, 0.2) is 0 Å². The van der Waals surface area contributed by atoms with E-state index in [0.717, 1.165) is 26.3 Å². The minimum absolute atomic E-state index is 0.0902. The zero-order valence-corrected chi connectivity index (χ0v) is 18.0. The highest BCUT2D eigenvalue weighted by Gasteiger charge is 2.18. The molecule has 6 nitrogen and oxygen atoms in total. The fourth-order valence-electron chi connectivity index (χ4n) is 2.22. The first-order valence-corrected chi connectivity index (χ1v) is 10.4. The Morgan fingerprint density at radius 2 is 1.79 bits per heavy atom. The van der Waals surface area contributed by atoms with Gasteiger partial charge < -0.3 is 15.7 Å². The first kappa shape index (κ1) is 22.0. The van der Waals surface area contributed by atoms with E-state index in [2.05, 4.69) is 33.2 Å². The lowest BCUT2D eigenvalue weighted by molar-refractivity contribution is -0.131. The van der Waals surface area contributed by atoms with Crippen LogP contribution in [-0.4, -0.2) is 28.1 Å². The number of aliphatic carboxylic acids is 1. The summed E-state index contributed by atoms with van der Waals surface area (Å²) in [5, 5.41) is 13.8. The minimum atomic E-state index is -1.19. The summed E-state index contributed by atoms with van der Waals surface area (Å²) in [6, 6.07) is 14.6. The standard InChI is InChI=1S/C20H19IN2O4S/c1-2-17(20(27)23-14-8-6-13(21)7-9-14)28-16-5-3-4-15(12-16)22-18(24)10-11-19(25)26/h3-12,17H,2H2,1H3,(H,22,24)(H,23,27)(H,25,26)/b11-10+. The van der Waals surface area contributed by atoms with Crippen LogP contribution in [-0.2, 0) is 14.4 Å². The van der Waals surface area contributed by atoms with E-state index in [9.17, 15) is 14.4 Å². The van der Waals surface area contributed by atoms with Crippen molar-refractivity contribution < 1.29 is 19.5 Å². The van der Waals surface area contributed by atoms with Gasteiger partial charge in [-0.3, -0.25) is 9.59 Å². The number of hydrogen-bond donors (Lipinski definition) is 3. The highest BCUT2D eigenvalue weighted by molar-refractivity contribution is 14.1. The SMILES string of the molecule is CCC(Sc1cccc(NC(=O)/C=C/C(=O)O)c1)C(=O)Nc1ccc(I)cc1. The van der Waals surface area contributed by atoms with Crippen molar-refractivity contribution in [1.82, 2.24) is 0 Å². The molecular formula is C20H19IN2O4S. The summed E-state index contributed by atoms with van der Waals surface area (Å²) < 4.78 is 1.09. The third-order valence-electron chi connectivity index (χ3n) is 3.53. The summed E-state index contributed by atoms with van der Waals surface area (Å²) >= 11 is 3.61.